The Balaban J connectivity index is 2.80. The molecule has 0 bridgehead atoms. The maximum Gasteiger partial charge on any atom is 0.270 e. The number of nitro groups is 1. The molecule has 0 fully saturated rings. The van der Waals surface area contributed by atoms with Crippen LogP contribution in [0.5, 0.6) is 0 Å². The van der Waals surface area contributed by atoms with Crippen molar-refractivity contribution in [1.29, 1.82) is 0 Å². The van der Waals surface area contributed by atoms with Gasteiger partial charge in [0.15, 0.2) is 0 Å². The van der Waals surface area contributed by atoms with E-state index in [0.29, 0.717) is 0 Å². The van der Waals surface area contributed by atoms with Crippen molar-refractivity contribution >= 4 is 16.6 Å². The Bertz CT molecular complexity index is 585. The maximum atomic E-state index is 10.8. The molecule has 0 aliphatic carbocycles. The quantitative estimate of drug-likeness (QED) is 0.601. The lowest BCUT2D eigenvalue weighted by Crippen LogP contribution is -1.96. The van der Waals surface area contributed by atoms with Crippen LogP contribution in [0.2, 0.25) is 0 Å². The molecule has 0 aliphatic heterocycles. The Labute approximate surface area is 100 Å². The fourth-order valence-corrected chi connectivity index (χ4v) is 2.51. The van der Waals surface area contributed by atoms with E-state index in [2.05, 4.69) is 25.3 Å². The molecule has 1 aromatic carbocycles. The molecule has 0 saturated carbocycles. The third-order valence-electron chi connectivity index (χ3n) is 3.32. The van der Waals surface area contributed by atoms with Crippen LogP contribution in [0.25, 0.3) is 10.9 Å². The molecule has 0 N–H and O–H groups in total. The van der Waals surface area contributed by atoms with Crippen molar-refractivity contribution in [1.82, 2.24) is 4.57 Å². The van der Waals surface area contributed by atoms with Gasteiger partial charge < -0.3 is 4.57 Å². The predicted molar refractivity (Wildman–Crippen MR) is 68.4 cm³/mol. The Hall–Kier alpha value is -1.84. The summed E-state index contributed by atoms with van der Waals surface area (Å²) >= 11 is 0. The molecule has 17 heavy (non-hydrogen) atoms. The molecule has 0 radical (unpaired) electrons. The summed E-state index contributed by atoms with van der Waals surface area (Å²) in [6.07, 6.45) is 0.899. The smallest absolute Gasteiger partial charge is 0.270 e. The van der Waals surface area contributed by atoms with Gasteiger partial charge in [-0.2, -0.15) is 0 Å². The first kappa shape index (κ1) is 11.6. The maximum absolute atomic E-state index is 10.8. The Kier molecular flexibility index (Phi) is 2.88. The summed E-state index contributed by atoms with van der Waals surface area (Å²) in [4.78, 5) is 10.5. The molecule has 0 spiro atoms. The van der Waals surface area contributed by atoms with Crippen LogP contribution in [0.3, 0.4) is 0 Å². The lowest BCUT2D eigenvalue weighted by atomic mass is 10.1. The number of fused-ring (bicyclic) bond motifs is 1. The molecule has 2 aromatic rings. The largest absolute Gasteiger partial charge is 0.345 e. The molecule has 90 valence electrons. The summed E-state index contributed by atoms with van der Waals surface area (Å²) in [5.74, 6) is 0. The van der Waals surface area contributed by atoms with Gasteiger partial charge in [0.2, 0.25) is 0 Å². The number of aryl methyl sites for hydroxylation is 2. The van der Waals surface area contributed by atoms with Crippen LogP contribution < -0.4 is 0 Å². The molecule has 0 unspecified atom stereocenters. The lowest BCUT2D eigenvalue weighted by Gasteiger charge is -2.03. The number of rotatable bonds is 3. The van der Waals surface area contributed by atoms with E-state index in [0.717, 1.165) is 23.9 Å². The molecule has 1 heterocycles. The minimum atomic E-state index is -0.336. The molecular formula is C13H16N2O2. The van der Waals surface area contributed by atoms with E-state index < -0.39 is 0 Å². The van der Waals surface area contributed by atoms with E-state index in [4.69, 9.17) is 0 Å². The first-order valence-corrected chi connectivity index (χ1v) is 5.86. The van der Waals surface area contributed by atoms with Crippen molar-refractivity contribution in [2.75, 3.05) is 0 Å². The second kappa shape index (κ2) is 4.20. The zero-order chi connectivity index (χ0) is 12.6. The van der Waals surface area contributed by atoms with Gasteiger partial charge in [0.05, 0.1) is 4.92 Å². The Morgan fingerprint density at radius 2 is 2.06 bits per heavy atom. The van der Waals surface area contributed by atoms with Crippen molar-refractivity contribution in [2.45, 2.75) is 33.7 Å². The average molecular weight is 232 g/mol. The molecule has 0 amide bonds. The van der Waals surface area contributed by atoms with E-state index >= 15 is 0 Å². The number of aromatic nitrogens is 1. The summed E-state index contributed by atoms with van der Waals surface area (Å²) in [5.41, 5.74) is 3.68. The van der Waals surface area contributed by atoms with Gasteiger partial charge >= 0.3 is 0 Å². The van der Waals surface area contributed by atoms with Gasteiger partial charge in [-0.3, -0.25) is 10.1 Å². The van der Waals surface area contributed by atoms with Crippen molar-refractivity contribution in [2.24, 2.45) is 0 Å². The van der Waals surface area contributed by atoms with Crippen LogP contribution in [-0.2, 0) is 13.0 Å². The molecular weight excluding hydrogens is 216 g/mol. The van der Waals surface area contributed by atoms with Gasteiger partial charge in [-0.15, -0.1) is 0 Å². The monoisotopic (exact) mass is 232 g/mol. The third-order valence-corrected chi connectivity index (χ3v) is 3.32. The van der Waals surface area contributed by atoms with Gasteiger partial charge in [0, 0.05) is 35.3 Å². The highest BCUT2D eigenvalue weighted by molar-refractivity contribution is 5.87. The first-order valence-electron chi connectivity index (χ1n) is 5.86. The standard InChI is InChI=1S/C13H16N2O2/c1-4-11-9(3)14(5-2)13-7-6-10(15(16)17)8-12(11)13/h6-8H,4-5H2,1-3H3. The van der Waals surface area contributed by atoms with Gasteiger partial charge in [-0.1, -0.05) is 6.92 Å². The number of nitrogens with zero attached hydrogens (tertiary/aromatic N) is 2. The van der Waals surface area contributed by atoms with Crippen molar-refractivity contribution in [3.05, 3.63) is 39.6 Å². The van der Waals surface area contributed by atoms with Crippen molar-refractivity contribution < 1.29 is 4.92 Å². The van der Waals surface area contributed by atoms with Gasteiger partial charge in [0.25, 0.3) is 5.69 Å². The van der Waals surface area contributed by atoms with Crippen molar-refractivity contribution in [3.63, 3.8) is 0 Å². The van der Waals surface area contributed by atoms with E-state index in [-0.39, 0.29) is 10.6 Å². The molecule has 4 nitrogen and oxygen atoms in total. The number of non-ortho nitro benzene ring substituents is 1. The fraction of sp³-hybridized carbons (Fsp3) is 0.385. The highest BCUT2D eigenvalue weighted by Crippen LogP contribution is 2.29. The minimum absolute atomic E-state index is 0.167. The Morgan fingerprint density at radius 3 is 2.59 bits per heavy atom. The highest BCUT2D eigenvalue weighted by atomic mass is 16.6. The molecule has 0 saturated heterocycles. The van der Waals surface area contributed by atoms with Crippen molar-refractivity contribution in [3.8, 4) is 0 Å². The summed E-state index contributed by atoms with van der Waals surface area (Å²) < 4.78 is 2.21. The number of nitro benzene ring substituents is 1. The van der Waals surface area contributed by atoms with E-state index in [1.165, 1.54) is 11.3 Å². The van der Waals surface area contributed by atoms with Crippen LogP contribution in [0, 0.1) is 17.0 Å². The second-order valence-electron chi connectivity index (χ2n) is 4.12. The number of hydrogen-bond donors (Lipinski definition) is 0. The Morgan fingerprint density at radius 1 is 1.35 bits per heavy atom. The number of benzene rings is 1. The third kappa shape index (κ3) is 1.69. The summed E-state index contributed by atoms with van der Waals surface area (Å²) in [5, 5.41) is 11.8. The van der Waals surface area contributed by atoms with E-state index in [1.54, 1.807) is 12.1 Å². The topological polar surface area (TPSA) is 48.1 Å². The van der Waals surface area contributed by atoms with E-state index in [1.807, 2.05) is 6.07 Å². The highest BCUT2D eigenvalue weighted by Gasteiger charge is 2.15. The average Bonchev–Trinajstić information content (AvgIpc) is 2.58. The van der Waals surface area contributed by atoms with Gasteiger partial charge in [-0.25, -0.2) is 0 Å². The van der Waals surface area contributed by atoms with Crippen LogP contribution in [-0.4, -0.2) is 9.49 Å². The second-order valence-corrected chi connectivity index (χ2v) is 4.12. The number of hydrogen-bond acceptors (Lipinski definition) is 2. The summed E-state index contributed by atoms with van der Waals surface area (Å²) in [6.45, 7) is 7.14. The molecule has 4 heteroatoms. The normalized spacial score (nSPS) is 11.0. The minimum Gasteiger partial charge on any atom is -0.345 e. The van der Waals surface area contributed by atoms with E-state index in [9.17, 15) is 10.1 Å². The SMILES string of the molecule is CCc1c(C)n(CC)c2ccc([N+](=O)[O-])cc12. The lowest BCUT2D eigenvalue weighted by molar-refractivity contribution is -0.384. The summed E-state index contributed by atoms with van der Waals surface area (Å²) in [6, 6.07) is 5.11. The van der Waals surface area contributed by atoms with Crippen LogP contribution in [0.4, 0.5) is 5.69 Å². The molecule has 0 atom stereocenters. The first-order chi connectivity index (χ1) is 8.10. The molecule has 1 aromatic heterocycles. The predicted octanol–water partition coefficient (Wildman–Crippen LogP) is 3.44. The van der Waals surface area contributed by atoms with Crippen LogP contribution >= 0.6 is 0 Å². The zero-order valence-electron chi connectivity index (χ0n) is 10.4. The summed E-state index contributed by atoms with van der Waals surface area (Å²) in [7, 11) is 0. The van der Waals surface area contributed by atoms with Gasteiger partial charge in [-0.05, 0) is 31.9 Å². The van der Waals surface area contributed by atoms with Gasteiger partial charge in [0.1, 0.15) is 0 Å². The van der Waals surface area contributed by atoms with Crippen LogP contribution in [0.15, 0.2) is 18.2 Å². The van der Waals surface area contributed by atoms with Crippen LogP contribution in [0.1, 0.15) is 25.1 Å². The molecule has 2 rings (SSSR count). The zero-order valence-corrected chi connectivity index (χ0v) is 10.4. The molecule has 0 aliphatic rings. The fourth-order valence-electron chi connectivity index (χ4n) is 2.51.